The first-order valence-corrected chi connectivity index (χ1v) is 7.20. The van der Waals surface area contributed by atoms with Gasteiger partial charge in [-0.1, -0.05) is 35.9 Å². The van der Waals surface area contributed by atoms with Gasteiger partial charge < -0.3 is 5.32 Å². The molecular weight excluding hydrogens is 300 g/mol. The summed E-state index contributed by atoms with van der Waals surface area (Å²) >= 11 is 5.82. The molecule has 1 aromatic carbocycles. The monoisotopic (exact) mass is 314 g/mol. The topological polar surface area (TPSA) is 68.5 Å². The van der Waals surface area contributed by atoms with Gasteiger partial charge in [-0.15, -0.1) is 0 Å². The van der Waals surface area contributed by atoms with Crippen molar-refractivity contribution in [2.24, 2.45) is 7.05 Å². The van der Waals surface area contributed by atoms with E-state index in [0.29, 0.717) is 17.5 Å². The molecule has 0 aliphatic heterocycles. The minimum absolute atomic E-state index is 0.427. The van der Waals surface area contributed by atoms with Crippen LogP contribution in [0.1, 0.15) is 17.0 Å². The summed E-state index contributed by atoms with van der Waals surface area (Å²) in [7, 11) is 1.90. The largest absolute Gasteiger partial charge is 0.366 e. The number of hydrogen-bond donors (Lipinski definition) is 1. The van der Waals surface area contributed by atoms with Crippen LogP contribution in [-0.4, -0.2) is 24.7 Å². The molecule has 22 heavy (non-hydrogen) atoms. The molecule has 3 rings (SSSR count). The average Bonchev–Trinajstić information content (AvgIpc) is 2.92. The van der Waals surface area contributed by atoms with Crippen LogP contribution in [0.5, 0.6) is 0 Å². The van der Waals surface area contributed by atoms with Gasteiger partial charge >= 0.3 is 0 Å². The highest BCUT2D eigenvalue weighted by atomic mass is 35.5. The summed E-state index contributed by atoms with van der Waals surface area (Å²) in [6.45, 7) is 0.678. The number of anilines is 1. The third-order valence-corrected chi connectivity index (χ3v) is 3.50. The van der Waals surface area contributed by atoms with Crippen molar-refractivity contribution in [1.82, 2.24) is 24.7 Å². The van der Waals surface area contributed by atoms with Crippen molar-refractivity contribution >= 4 is 17.4 Å². The zero-order chi connectivity index (χ0) is 15.4. The van der Waals surface area contributed by atoms with E-state index in [0.717, 1.165) is 17.8 Å². The minimum Gasteiger partial charge on any atom is -0.366 e. The lowest BCUT2D eigenvalue weighted by Crippen LogP contribution is -2.03. The van der Waals surface area contributed by atoms with Gasteiger partial charge in [-0.05, 0) is 11.1 Å². The minimum atomic E-state index is 0.427. The number of aromatic nitrogens is 5. The lowest BCUT2D eigenvalue weighted by Gasteiger charge is -2.07. The molecule has 0 radical (unpaired) electrons. The second-order valence-corrected chi connectivity index (χ2v) is 5.26. The number of benzene rings is 1. The number of hydrogen-bond acceptors (Lipinski definition) is 5. The normalized spacial score (nSPS) is 10.6. The lowest BCUT2D eigenvalue weighted by molar-refractivity contribution is 0.716. The molecule has 0 fully saturated rings. The Balaban J connectivity index is 1.61. The molecule has 0 saturated heterocycles. The summed E-state index contributed by atoms with van der Waals surface area (Å²) in [6, 6.07) is 10.1. The van der Waals surface area contributed by atoms with Crippen molar-refractivity contribution < 1.29 is 0 Å². The Bertz CT molecular complexity index is 753. The maximum Gasteiger partial charge on any atom is 0.138 e. The van der Waals surface area contributed by atoms with Crippen molar-refractivity contribution in [3.05, 3.63) is 65.1 Å². The Labute approximate surface area is 133 Å². The van der Waals surface area contributed by atoms with Gasteiger partial charge in [0, 0.05) is 26.1 Å². The molecule has 2 aromatic heterocycles. The van der Waals surface area contributed by atoms with Crippen LogP contribution in [0.3, 0.4) is 0 Å². The summed E-state index contributed by atoms with van der Waals surface area (Å²) < 4.78 is 1.79. The van der Waals surface area contributed by atoms with Crippen molar-refractivity contribution in [1.29, 1.82) is 0 Å². The third kappa shape index (κ3) is 3.59. The summed E-state index contributed by atoms with van der Waals surface area (Å²) in [5, 5.41) is 7.71. The number of aryl methyl sites for hydroxylation is 1. The smallest absolute Gasteiger partial charge is 0.138 e. The molecule has 2 heterocycles. The maximum absolute atomic E-state index is 5.82. The molecule has 0 saturated carbocycles. The van der Waals surface area contributed by atoms with Gasteiger partial charge in [-0.3, -0.25) is 4.68 Å². The standard InChI is InChI=1S/C15H15ClN6/c1-22-15(20-10-21-22)6-11-2-4-12(5-3-11)8-17-14-7-13(16)18-9-19-14/h2-5,7,9-10H,6,8H2,1H3,(H,17,18,19). The van der Waals surface area contributed by atoms with Crippen LogP contribution in [0.4, 0.5) is 5.82 Å². The van der Waals surface area contributed by atoms with Gasteiger partial charge in [-0.25, -0.2) is 15.0 Å². The van der Waals surface area contributed by atoms with Gasteiger partial charge in [0.05, 0.1) is 0 Å². The van der Waals surface area contributed by atoms with Crippen LogP contribution >= 0.6 is 11.6 Å². The molecule has 7 heteroatoms. The van der Waals surface area contributed by atoms with E-state index in [-0.39, 0.29) is 0 Å². The fourth-order valence-corrected chi connectivity index (χ4v) is 2.21. The van der Waals surface area contributed by atoms with Crippen LogP contribution in [0.15, 0.2) is 43.0 Å². The first-order valence-electron chi connectivity index (χ1n) is 6.83. The summed E-state index contributed by atoms with van der Waals surface area (Å²) in [4.78, 5) is 12.2. The van der Waals surface area contributed by atoms with Crippen LogP contribution < -0.4 is 5.32 Å². The van der Waals surface area contributed by atoms with Crippen LogP contribution in [0.25, 0.3) is 0 Å². The molecule has 0 unspecified atom stereocenters. The number of nitrogens with zero attached hydrogens (tertiary/aromatic N) is 5. The van der Waals surface area contributed by atoms with E-state index in [1.54, 1.807) is 17.1 Å². The first-order chi connectivity index (χ1) is 10.7. The average molecular weight is 315 g/mol. The highest BCUT2D eigenvalue weighted by Gasteiger charge is 2.03. The van der Waals surface area contributed by atoms with Crippen LogP contribution in [0.2, 0.25) is 5.15 Å². The Hall–Kier alpha value is -2.47. The predicted molar refractivity (Wildman–Crippen MR) is 84.6 cm³/mol. The van der Waals surface area contributed by atoms with Gasteiger partial charge in [0.15, 0.2) is 0 Å². The zero-order valence-electron chi connectivity index (χ0n) is 12.1. The quantitative estimate of drug-likeness (QED) is 0.733. The maximum atomic E-state index is 5.82. The van der Waals surface area contributed by atoms with E-state index in [9.17, 15) is 0 Å². The molecule has 0 aliphatic rings. The van der Waals surface area contributed by atoms with Crippen molar-refractivity contribution in [2.75, 3.05) is 5.32 Å². The van der Waals surface area contributed by atoms with E-state index in [1.165, 1.54) is 11.9 Å². The zero-order valence-corrected chi connectivity index (χ0v) is 12.8. The molecule has 0 spiro atoms. The molecular formula is C15H15ClN6. The molecule has 0 atom stereocenters. The molecule has 3 aromatic rings. The Morgan fingerprint density at radius 3 is 2.50 bits per heavy atom. The number of nitrogens with one attached hydrogen (secondary N) is 1. The van der Waals surface area contributed by atoms with Crippen LogP contribution in [0, 0.1) is 0 Å². The number of rotatable bonds is 5. The third-order valence-electron chi connectivity index (χ3n) is 3.30. The van der Waals surface area contributed by atoms with Gasteiger partial charge in [0.2, 0.25) is 0 Å². The summed E-state index contributed by atoms with van der Waals surface area (Å²) in [6.07, 6.45) is 3.78. The summed E-state index contributed by atoms with van der Waals surface area (Å²) in [5.74, 6) is 1.66. The lowest BCUT2D eigenvalue weighted by atomic mass is 10.1. The van der Waals surface area contributed by atoms with E-state index >= 15 is 0 Å². The molecule has 0 bridgehead atoms. The van der Waals surface area contributed by atoms with Crippen LogP contribution in [-0.2, 0) is 20.0 Å². The number of halogens is 1. The van der Waals surface area contributed by atoms with Crippen molar-refractivity contribution in [3.63, 3.8) is 0 Å². The fourth-order valence-electron chi connectivity index (χ4n) is 2.06. The van der Waals surface area contributed by atoms with E-state index < -0.39 is 0 Å². The second-order valence-electron chi connectivity index (χ2n) is 4.87. The van der Waals surface area contributed by atoms with Crippen molar-refractivity contribution in [2.45, 2.75) is 13.0 Å². The second kappa shape index (κ2) is 6.53. The summed E-state index contributed by atoms with van der Waals surface area (Å²) in [5.41, 5.74) is 2.36. The van der Waals surface area contributed by atoms with Gasteiger partial charge in [-0.2, -0.15) is 5.10 Å². The predicted octanol–water partition coefficient (Wildman–Crippen LogP) is 2.46. The Morgan fingerprint density at radius 2 is 1.82 bits per heavy atom. The molecule has 0 aliphatic carbocycles. The SMILES string of the molecule is Cn1ncnc1Cc1ccc(CNc2cc(Cl)ncn2)cc1. The fraction of sp³-hybridized carbons (Fsp3) is 0.200. The van der Waals surface area contributed by atoms with Crippen molar-refractivity contribution in [3.8, 4) is 0 Å². The van der Waals surface area contributed by atoms with E-state index in [2.05, 4.69) is 49.6 Å². The molecule has 112 valence electrons. The first kappa shape index (κ1) is 14.5. The van der Waals surface area contributed by atoms with Gasteiger partial charge in [0.25, 0.3) is 0 Å². The molecule has 6 nitrogen and oxygen atoms in total. The van der Waals surface area contributed by atoms with E-state index in [1.807, 2.05) is 7.05 Å². The van der Waals surface area contributed by atoms with Gasteiger partial charge in [0.1, 0.15) is 29.5 Å². The molecule has 0 amide bonds. The Morgan fingerprint density at radius 1 is 1.05 bits per heavy atom. The highest BCUT2D eigenvalue weighted by molar-refractivity contribution is 6.29. The van der Waals surface area contributed by atoms with E-state index in [4.69, 9.17) is 11.6 Å². The highest BCUT2D eigenvalue weighted by Crippen LogP contribution is 2.12. The Kier molecular flexibility index (Phi) is 4.29. The molecule has 1 N–H and O–H groups in total.